The van der Waals surface area contributed by atoms with Crippen molar-refractivity contribution < 1.29 is 4.74 Å². The Morgan fingerprint density at radius 2 is 2.18 bits per heavy atom. The molecule has 0 aromatic heterocycles. The number of rotatable bonds is 6. The predicted molar refractivity (Wildman–Crippen MR) is 71.3 cm³/mol. The van der Waals surface area contributed by atoms with E-state index in [-0.39, 0.29) is 0 Å². The molecule has 3 heteroatoms. The molecule has 0 aromatic rings. The van der Waals surface area contributed by atoms with Crippen LogP contribution in [0, 0.1) is 5.41 Å². The molecule has 0 bridgehead atoms. The van der Waals surface area contributed by atoms with Crippen LogP contribution in [0.5, 0.6) is 0 Å². The van der Waals surface area contributed by atoms with Gasteiger partial charge in [-0.05, 0) is 26.3 Å². The minimum Gasteiger partial charge on any atom is -0.381 e. The molecule has 1 saturated carbocycles. The molecule has 0 aromatic carbocycles. The molecule has 1 aliphatic heterocycles. The van der Waals surface area contributed by atoms with Gasteiger partial charge in [0.15, 0.2) is 0 Å². The van der Waals surface area contributed by atoms with E-state index < -0.39 is 0 Å². The van der Waals surface area contributed by atoms with Crippen LogP contribution < -0.4 is 5.32 Å². The lowest BCUT2D eigenvalue weighted by Gasteiger charge is -2.40. The first kappa shape index (κ1) is 13.3. The Bertz CT molecular complexity index is 232. The molecule has 2 fully saturated rings. The normalized spacial score (nSPS) is 30.2. The van der Waals surface area contributed by atoms with Crippen LogP contribution in [-0.2, 0) is 4.74 Å². The molecule has 100 valence electrons. The zero-order valence-corrected chi connectivity index (χ0v) is 11.7. The molecular formula is C14H28N2O. The van der Waals surface area contributed by atoms with Gasteiger partial charge >= 0.3 is 0 Å². The lowest BCUT2D eigenvalue weighted by Crippen LogP contribution is -2.49. The van der Waals surface area contributed by atoms with Gasteiger partial charge in [0.25, 0.3) is 0 Å². The summed E-state index contributed by atoms with van der Waals surface area (Å²) in [5.41, 5.74) is 0.356. The second kappa shape index (κ2) is 5.68. The van der Waals surface area contributed by atoms with Crippen LogP contribution in [0.2, 0.25) is 0 Å². The van der Waals surface area contributed by atoms with E-state index in [4.69, 9.17) is 4.74 Å². The maximum atomic E-state index is 5.66. The molecule has 17 heavy (non-hydrogen) atoms. The van der Waals surface area contributed by atoms with Gasteiger partial charge in [-0.1, -0.05) is 20.3 Å². The molecule has 0 spiro atoms. The summed E-state index contributed by atoms with van der Waals surface area (Å²) in [7, 11) is 2.29. The third-order valence-corrected chi connectivity index (χ3v) is 4.35. The predicted octanol–water partition coefficient (Wildman–Crippen LogP) is 1.88. The summed E-state index contributed by atoms with van der Waals surface area (Å²) < 4.78 is 5.66. The highest BCUT2D eigenvalue weighted by molar-refractivity contribution is 4.91. The van der Waals surface area contributed by atoms with Crippen molar-refractivity contribution in [2.24, 2.45) is 5.41 Å². The lowest BCUT2D eigenvalue weighted by atomic mass is 9.84. The molecular weight excluding hydrogens is 212 g/mol. The van der Waals surface area contributed by atoms with E-state index in [2.05, 4.69) is 31.1 Å². The molecule has 2 aliphatic rings. The summed E-state index contributed by atoms with van der Waals surface area (Å²) in [6, 6.07) is 1.41. The SMILES string of the molecule is CC(C)NCC1(CN(C)C2CCC2)CCOC1. The fourth-order valence-corrected chi connectivity index (χ4v) is 2.88. The van der Waals surface area contributed by atoms with Crippen LogP contribution in [0.3, 0.4) is 0 Å². The average molecular weight is 240 g/mol. The van der Waals surface area contributed by atoms with Crippen molar-refractivity contribution in [3.8, 4) is 0 Å². The van der Waals surface area contributed by atoms with E-state index in [9.17, 15) is 0 Å². The van der Waals surface area contributed by atoms with Crippen LogP contribution in [0.25, 0.3) is 0 Å². The minimum atomic E-state index is 0.356. The van der Waals surface area contributed by atoms with Gasteiger partial charge in [-0.2, -0.15) is 0 Å². The lowest BCUT2D eigenvalue weighted by molar-refractivity contribution is 0.0749. The highest BCUT2D eigenvalue weighted by atomic mass is 16.5. The fourth-order valence-electron chi connectivity index (χ4n) is 2.88. The Morgan fingerprint density at radius 3 is 2.65 bits per heavy atom. The number of nitrogens with zero attached hydrogens (tertiary/aromatic N) is 1. The summed E-state index contributed by atoms with van der Waals surface area (Å²) in [6.07, 6.45) is 5.42. The van der Waals surface area contributed by atoms with E-state index in [1.54, 1.807) is 0 Å². The summed E-state index contributed by atoms with van der Waals surface area (Å²) >= 11 is 0. The summed E-state index contributed by atoms with van der Waals surface area (Å²) in [5.74, 6) is 0. The molecule has 1 aliphatic carbocycles. The molecule has 0 amide bonds. The van der Waals surface area contributed by atoms with Crippen molar-refractivity contribution in [3.05, 3.63) is 0 Å². The Morgan fingerprint density at radius 1 is 1.41 bits per heavy atom. The molecule has 3 nitrogen and oxygen atoms in total. The maximum Gasteiger partial charge on any atom is 0.0547 e. The zero-order valence-electron chi connectivity index (χ0n) is 11.7. The Balaban J connectivity index is 1.86. The number of nitrogens with one attached hydrogen (secondary N) is 1. The number of hydrogen-bond acceptors (Lipinski definition) is 3. The highest BCUT2D eigenvalue weighted by Crippen LogP contribution is 2.32. The minimum absolute atomic E-state index is 0.356. The molecule has 2 rings (SSSR count). The van der Waals surface area contributed by atoms with Gasteiger partial charge in [-0.3, -0.25) is 0 Å². The Hall–Kier alpha value is -0.120. The standard InChI is InChI=1S/C14H28N2O/c1-12(2)15-9-14(7-8-17-11-14)10-16(3)13-5-4-6-13/h12-13,15H,4-11H2,1-3H3. The maximum absolute atomic E-state index is 5.66. The largest absolute Gasteiger partial charge is 0.381 e. The first-order valence-corrected chi connectivity index (χ1v) is 7.13. The van der Waals surface area contributed by atoms with Crippen molar-refractivity contribution in [1.29, 1.82) is 0 Å². The molecule has 1 N–H and O–H groups in total. The Labute approximate surface area is 106 Å². The van der Waals surface area contributed by atoms with Gasteiger partial charge < -0.3 is 15.0 Å². The van der Waals surface area contributed by atoms with Gasteiger partial charge in [0.2, 0.25) is 0 Å². The van der Waals surface area contributed by atoms with E-state index in [1.807, 2.05) is 0 Å². The van der Waals surface area contributed by atoms with E-state index in [1.165, 1.54) is 32.2 Å². The topological polar surface area (TPSA) is 24.5 Å². The van der Waals surface area contributed by atoms with E-state index in [0.29, 0.717) is 11.5 Å². The van der Waals surface area contributed by atoms with Crippen molar-refractivity contribution in [1.82, 2.24) is 10.2 Å². The van der Waals surface area contributed by atoms with Crippen molar-refractivity contribution in [2.75, 3.05) is 33.4 Å². The third kappa shape index (κ3) is 3.43. The molecule has 1 heterocycles. The van der Waals surface area contributed by atoms with Gasteiger partial charge in [0.05, 0.1) is 6.61 Å². The average Bonchev–Trinajstić information content (AvgIpc) is 2.61. The summed E-state index contributed by atoms with van der Waals surface area (Å²) in [4.78, 5) is 2.57. The molecule has 1 saturated heterocycles. The van der Waals surface area contributed by atoms with Crippen LogP contribution in [0.4, 0.5) is 0 Å². The highest BCUT2D eigenvalue weighted by Gasteiger charge is 2.37. The third-order valence-electron chi connectivity index (χ3n) is 4.35. The van der Waals surface area contributed by atoms with E-state index in [0.717, 1.165) is 25.8 Å². The van der Waals surface area contributed by atoms with Crippen LogP contribution in [-0.4, -0.2) is 50.3 Å². The van der Waals surface area contributed by atoms with E-state index >= 15 is 0 Å². The monoisotopic (exact) mass is 240 g/mol. The fraction of sp³-hybridized carbons (Fsp3) is 1.00. The van der Waals surface area contributed by atoms with Crippen LogP contribution in [0.15, 0.2) is 0 Å². The van der Waals surface area contributed by atoms with Crippen molar-refractivity contribution in [2.45, 2.75) is 51.6 Å². The van der Waals surface area contributed by atoms with Gasteiger partial charge in [-0.25, -0.2) is 0 Å². The summed E-state index contributed by atoms with van der Waals surface area (Å²) in [6.45, 7) is 8.61. The quantitative estimate of drug-likeness (QED) is 0.767. The molecule has 0 radical (unpaired) electrons. The second-order valence-corrected chi connectivity index (χ2v) is 6.34. The number of ether oxygens (including phenoxy) is 1. The first-order valence-electron chi connectivity index (χ1n) is 7.13. The van der Waals surface area contributed by atoms with Gasteiger partial charge in [-0.15, -0.1) is 0 Å². The molecule has 1 atom stereocenters. The molecule has 1 unspecified atom stereocenters. The van der Waals surface area contributed by atoms with Gasteiger partial charge in [0.1, 0.15) is 0 Å². The second-order valence-electron chi connectivity index (χ2n) is 6.34. The first-order chi connectivity index (χ1) is 8.11. The summed E-state index contributed by atoms with van der Waals surface area (Å²) in [5, 5.41) is 3.60. The van der Waals surface area contributed by atoms with Gasteiger partial charge in [0, 0.05) is 37.2 Å². The zero-order chi connectivity index (χ0) is 12.3. The smallest absolute Gasteiger partial charge is 0.0547 e. The number of hydrogen-bond donors (Lipinski definition) is 1. The van der Waals surface area contributed by atoms with Crippen molar-refractivity contribution >= 4 is 0 Å². The van der Waals surface area contributed by atoms with Crippen molar-refractivity contribution in [3.63, 3.8) is 0 Å². The Kier molecular flexibility index (Phi) is 4.45. The van der Waals surface area contributed by atoms with Crippen LogP contribution >= 0.6 is 0 Å². The van der Waals surface area contributed by atoms with Crippen LogP contribution in [0.1, 0.15) is 39.5 Å².